The number of ether oxygens (including phenoxy) is 1. The SMILES string of the molecule is CCCCC1CC(Nc2cc(C(F)(F)F)cc(C)n2)C(c2ccccc2)N1C(=O)[C@@H](OC)c1ccccc1. The van der Waals surface area contributed by atoms with Gasteiger partial charge in [0.2, 0.25) is 0 Å². The number of alkyl halides is 3. The third kappa shape index (κ3) is 6.18. The monoisotopic (exact) mass is 525 g/mol. The number of pyridine rings is 1. The third-order valence-electron chi connectivity index (χ3n) is 7.06. The van der Waals surface area contributed by atoms with Crippen LogP contribution in [0.1, 0.15) is 67.1 Å². The number of aromatic nitrogens is 1. The van der Waals surface area contributed by atoms with Gasteiger partial charge in [0, 0.05) is 18.8 Å². The lowest BCUT2D eigenvalue weighted by Gasteiger charge is -2.35. The van der Waals surface area contributed by atoms with Gasteiger partial charge in [0.15, 0.2) is 6.10 Å². The molecule has 1 N–H and O–H groups in total. The summed E-state index contributed by atoms with van der Waals surface area (Å²) in [7, 11) is 1.52. The second-order valence-corrected chi connectivity index (χ2v) is 9.79. The molecule has 202 valence electrons. The topological polar surface area (TPSA) is 54.5 Å². The highest BCUT2D eigenvalue weighted by atomic mass is 19.4. The van der Waals surface area contributed by atoms with E-state index in [1.807, 2.05) is 65.6 Å². The van der Waals surface area contributed by atoms with E-state index in [1.165, 1.54) is 7.11 Å². The number of aryl methyl sites for hydroxylation is 1. The highest BCUT2D eigenvalue weighted by Crippen LogP contribution is 2.42. The van der Waals surface area contributed by atoms with Crippen LogP contribution in [0.2, 0.25) is 0 Å². The van der Waals surface area contributed by atoms with Crippen molar-refractivity contribution in [3.8, 4) is 0 Å². The summed E-state index contributed by atoms with van der Waals surface area (Å²) in [6.07, 6.45) is -2.03. The van der Waals surface area contributed by atoms with Crippen molar-refractivity contribution in [2.45, 2.75) is 69.9 Å². The van der Waals surface area contributed by atoms with Gasteiger partial charge in [-0.3, -0.25) is 4.79 Å². The first-order valence-electron chi connectivity index (χ1n) is 13.0. The Hall–Kier alpha value is -3.39. The molecule has 1 aromatic heterocycles. The Balaban J connectivity index is 1.75. The Morgan fingerprint density at radius 1 is 1.11 bits per heavy atom. The number of likely N-dealkylation sites (tertiary alicyclic amines) is 1. The first-order valence-corrected chi connectivity index (χ1v) is 13.0. The van der Waals surface area contributed by atoms with Crippen LogP contribution in [0.25, 0.3) is 0 Å². The second kappa shape index (κ2) is 12.0. The molecule has 0 saturated carbocycles. The number of halogens is 3. The van der Waals surface area contributed by atoms with Crippen molar-refractivity contribution in [2.24, 2.45) is 0 Å². The average molecular weight is 526 g/mol. The molecule has 0 aliphatic carbocycles. The standard InChI is InChI=1S/C30H34F3N3O2/c1-4-5-16-24-19-25(35-26-18-23(30(31,32)33)17-20(2)34-26)27(21-12-8-6-9-13-21)36(24)29(37)28(38-3)22-14-10-7-11-15-22/h6-15,17-18,24-25,27-28H,4-5,16,19H2,1-3H3,(H,34,35)/t24?,25?,27?,28-/m0/s1. The van der Waals surface area contributed by atoms with E-state index in [0.717, 1.165) is 42.5 Å². The molecule has 1 amide bonds. The Bertz CT molecular complexity index is 1200. The average Bonchev–Trinajstić information content (AvgIpc) is 3.25. The predicted molar refractivity (Wildman–Crippen MR) is 142 cm³/mol. The van der Waals surface area contributed by atoms with Crippen LogP contribution in [0, 0.1) is 6.92 Å². The predicted octanol–water partition coefficient (Wildman–Crippen LogP) is 7.11. The highest BCUT2D eigenvalue weighted by molar-refractivity contribution is 5.83. The molecular formula is C30H34F3N3O2. The van der Waals surface area contributed by atoms with Gasteiger partial charge in [-0.25, -0.2) is 4.98 Å². The molecule has 3 aromatic rings. The van der Waals surface area contributed by atoms with Crippen LogP contribution >= 0.6 is 0 Å². The fraction of sp³-hybridized carbons (Fsp3) is 0.400. The van der Waals surface area contributed by atoms with E-state index in [1.54, 1.807) is 6.92 Å². The molecule has 3 unspecified atom stereocenters. The fourth-order valence-corrected chi connectivity index (χ4v) is 5.39. The summed E-state index contributed by atoms with van der Waals surface area (Å²) in [5.41, 5.74) is 1.19. The van der Waals surface area contributed by atoms with E-state index in [9.17, 15) is 18.0 Å². The van der Waals surface area contributed by atoms with Crippen molar-refractivity contribution in [3.05, 3.63) is 95.2 Å². The lowest BCUT2D eigenvalue weighted by Crippen LogP contribution is -2.42. The van der Waals surface area contributed by atoms with Gasteiger partial charge < -0.3 is 15.0 Å². The number of carbonyl (C=O) groups excluding carboxylic acids is 1. The molecule has 1 saturated heterocycles. The zero-order valence-electron chi connectivity index (χ0n) is 21.9. The number of hydrogen-bond acceptors (Lipinski definition) is 4. The summed E-state index contributed by atoms with van der Waals surface area (Å²) in [4.78, 5) is 20.4. The third-order valence-corrected chi connectivity index (χ3v) is 7.06. The number of nitrogens with one attached hydrogen (secondary N) is 1. The lowest BCUT2D eigenvalue weighted by molar-refractivity contribution is -0.146. The summed E-state index contributed by atoms with van der Waals surface area (Å²) >= 11 is 0. The van der Waals surface area contributed by atoms with Crippen LogP contribution in [0.5, 0.6) is 0 Å². The van der Waals surface area contributed by atoms with Gasteiger partial charge in [-0.05, 0) is 43.0 Å². The second-order valence-electron chi connectivity index (χ2n) is 9.79. The smallest absolute Gasteiger partial charge is 0.367 e. The number of amides is 1. The fourth-order valence-electron chi connectivity index (χ4n) is 5.39. The number of rotatable bonds is 9. The molecule has 4 atom stereocenters. The Morgan fingerprint density at radius 2 is 1.76 bits per heavy atom. The van der Waals surface area contributed by atoms with Crippen LogP contribution in [-0.4, -0.2) is 35.0 Å². The van der Waals surface area contributed by atoms with Crippen molar-refractivity contribution in [3.63, 3.8) is 0 Å². The maximum atomic E-state index is 14.2. The normalized spacial score (nSPS) is 20.4. The molecule has 1 aliphatic heterocycles. The van der Waals surface area contributed by atoms with Gasteiger partial charge in [0.1, 0.15) is 5.82 Å². The van der Waals surface area contributed by atoms with Gasteiger partial charge >= 0.3 is 6.18 Å². The minimum absolute atomic E-state index is 0.113. The molecule has 38 heavy (non-hydrogen) atoms. The van der Waals surface area contributed by atoms with Gasteiger partial charge in [-0.2, -0.15) is 13.2 Å². The van der Waals surface area contributed by atoms with Gasteiger partial charge in [-0.15, -0.1) is 0 Å². The zero-order chi connectivity index (χ0) is 27.3. The minimum atomic E-state index is -4.48. The van der Waals surface area contributed by atoms with Crippen LogP contribution in [0.15, 0.2) is 72.8 Å². The van der Waals surface area contributed by atoms with E-state index in [2.05, 4.69) is 17.2 Å². The first-order chi connectivity index (χ1) is 18.2. The molecule has 0 radical (unpaired) electrons. The van der Waals surface area contributed by atoms with Crippen LogP contribution in [-0.2, 0) is 15.7 Å². The summed E-state index contributed by atoms with van der Waals surface area (Å²) in [5, 5.41) is 3.28. The van der Waals surface area contributed by atoms with E-state index < -0.39 is 23.9 Å². The van der Waals surface area contributed by atoms with E-state index >= 15 is 0 Å². The maximum absolute atomic E-state index is 14.2. The van der Waals surface area contributed by atoms with Gasteiger partial charge in [0.05, 0.1) is 17.6 Å². The molecule has 0 bridgehead atoms. The molecule has 1 aliphatic rings. The van der Waals surface area contributed by atoms with Crippen LogP contribution < -0.4 is 5.32 Å². The van der Waals surface area contributed by atoms with Crippen molar-refractivity contribution in [1.29, 1.82) is 0 Å². The lowest BCUT2D eigenvalue weighted by atomic mass is 9.98. The zero-order valence-corrected chi connectivity index (χ0v) is 21.9. The van der Waals surface area contributed by atoms with Crippen molar-refractivity contribution < 1.29 is 22.7 Å². The van der Waals surface area contributed by atoms with Crippen LogP contribution in [0.3, 0.4) is 0 Å². The molecule has 2 heterocycles. The maximum Gasteiger partial charge on any atom is 0.416 e. The summed E-state index contributed by atoms with van der Waals surface area (Å²) in [5.74, 6) is -0.00992. The number of carbonyl (C=O) groups is 1. The summed E-state index contributed by atoms with van der Waals surface area (Å²) in [6, 6.07) is 20.2. The molecule has 4 rings (SSSR count). The summed E-state index contributed by atoms with van der Waals surface area (Å²) in [6.45, 7) is 3.65. The summed E-state index contributed by atoms with van der Waals surface area (Å²) < 4.78 is 46.3. The largest absolute Gasteiger partial charge is 0.416 e. The number of unbranched alkanes of at least 4 members (excludes halogenated alkanes) is 1. The van der Waals surface area contributed by atoms with E-state index in [0.29, 0.717) is 6.42 Å². The number of anilines is 1. The minimum Gasteiger partial charge on any atom is -0.367 e. The van der Waals surface area contributed by atoms with Crippen LogP contribution in [0.4, 0.5) is 19.0 Å². The number of methoxy groups -OCH3 is 1. The molecule has 1 fully saturated rings. The number of nitrogens with zero attached hydrogens (tertiary/aromatic N) is 2. The van der Waals surface area contributed by atoms with Gasteiger partial charge in [0.25, 0.3) is 5.91 Å². The Kier molecular flexibility index (Phi) is 8.72. The van der Waals surface area contributed by atoms with Crippen molar-refractivity contribution >= 4 is 11.7 Å². The molecular weight excluding hydrogens is 491 g/mol. The van der Waals surface area contributed by atoms with Gasteiger partial charge in [-0.1, -0.05) is 80.4 Å². The molecule has 0 spiro atoms. The number of hydrogen-bond donors (Lipinski definition) is 1. The first kappa shape index (κ1) is 27.6. The van der Waals surface area contributed by atoms with Crippen molar-refractivity contribution in [2.75, 3.05) is 12.4 Å². The molecule has 5 nitrogen and oxygen atoms in total. The van der Waals surface area contributed by atoms with Crippen molar-refractivity contribution in [1.82, 2.24) is 9.88 Å². The highest BCUT2D eigenvalue weighted by Gasteiger charge is 2.46. The molecule has 8 heteroatoms. The quantitative estimate of drug-likeness (QED) is 0.324. The van der Waals surface area contributed by atoms with E-state index in [-0.39, 0.29) is 29.5 Å². The number of benzene rings is 2. The Labute approximate surface area is 222 Å². The Morgan fingerprint density at radius 3 is 2.37 bits per heavy atom. The molecule has 2 aromatic carbocycles. The van der Waals surface area contributed by atoms with E-state index in [4.69, 9.17) is 4.74 Å².